The molecule has 1 aliphatic heterocycles. The Bertz CT molecular complexity index is 1090. The van der Waals surface area contributed by atoms with Crippen LogP contribution in [0.1, 0.15) is 61.9 Å². The van der Waals surface area contributed by atoms with E-state index < -0.39 is 0 Å². The van der Waals surface area contributed by atoms with Gasteiger partial charge in [0.1, 0.15) is 5.75 Å². The summed E-state index contributed by atoms with van der Waals surface area (Å²) < 4.78 is 5.28. The number of hydrogen-bond donors (Lipinski definition) is 1. The maximum atomic E-state index is 13.7. The molecule has 0 aromatic heterocycles. The van der Waals surface area contributed by atoms with Crippen molar-refractivity contribution in [1.29, 1.82) is 0 Å². The van der Waals surface area contributed by atoms with E-state index in [0.29, 0.717) is 30.6 Å². The van der Waals surface area contributed by atoms with Gasteiger partial charge in [-0.15, -0.1) is 0 Å². The molecule has 1 N–H and O–H groups in total. The summed E-state index contributed by atoms with van der Waals surface area (Å²) in [6.45, 7) is 7.54. The lowest BCUT2D eigenvalue weighted by molar-refractivity contribution is -0.122. The van der Waals surface area contributed by atoms with E-state index in [-0.39, 0.29) is 17.7 Å². The third-order valence-corrected chi connectivity index (χ3v) is 8.01. The van der Waals surface area contributed by atoms with Crippen LogP contribution in [0, 0.1) is 11.8 Å². The maximum Gasteiger partial charge on any atom is 0.254 e. The van der Waals surface area contributed by atoms with Crippen LogP contribution in [0.5, 0.6) is 5.75 Å². The van der Waals surface area contributed by atoms with E-state index in [2.05, 4.69) is 55.2 Å². The average molecular weight is 521 g/mol. The number of hydrogen-bond acceptors (Lipinski definition) is 5. The largest absolute Gasteiger partial charge is 0.497 e. The third-order valence-electron chi connectivity index (χ3n) is 8.01. The first kappa shape index (κ1) is 28.0. The Morgan fingerprint density at radius 2 is 1.74 bits per heavy atom. The summed E-state index contributed by atoms with van der Waals surface area (Å²) in [5.74, 6) is 1.27. The van der Waals surface area contributed by atoms with Crippen LogP contribution in [0.2, 0.25) is 0 Å². The van der Waals surface area contributed by atoms with E-state index >= 15 is 0 Å². The van der Waals surface area contributed by atoms with Gasteiger partial charge >= 0.3 is 0 Å². The van der Waals surface area contributed by atoms with Gasteiger partial charge in [-0.2, -0.15) is 0 Å². The topological polar surface area (TPSA) is 65.1 Å². The van der Waals surface area contributed by atoms with Crippen molar-refractivity contribution in [2.75, 3.05) is 51.1 Å². The lowest BCUT2D eigenvalue weighted by Crippen LogP contribution is -2.42. The van der Waals surface area contributed by atoms with E-state index in [1.807, 2.05) is 35.2 Å². The van der Waals surface area contributed by atoms with Crippen molar-refractivity contribution in [1.82, 2.24) is 9.80 Å². The fourth-order valence-corrected chi connectivity index (χ4v) is 5.41. The van der Waals surface area contributed by atoms with Crippen molar-refractivity contribution in [3.63, 3.8) is 0 Å². The number of methoxy groups -OCH3 is 1. The van der Waals surface area contributed by atoms with E-state index in [4.69, 9.17) is 4.74 Å². The molecule has 38 heavy (non-hydrogen) atoms. The number of nitrogens with one attached hydrogen (secondary N) is 1. The van der Waals surface area contributed by atoms with E-state index in [1.165, 1.54) is 0 Å². The zero-order valence-electron chi connectivity index (χ0n) is 23.7. The van der Waals surface area contributed by atoms with Crippen molar-refractivity contribution in [3.8, 4) is 5.75 Å². The first-order valence-corrected chi connectivity index (χ1v) is 14.0. The zero-order valence-corrected chi connectivity index (χ0v) is 23.7. The summed E-state index contributed by atoms with van der Waals surface area (Å²) >= 11 is 0. The number of anilines is 2. The van der Waals surface area contributed by atoms with Crippen molar-refractivity contribution in [2.45, 2.75) is 58.5 Å². The smallest absolute Gasteiger partial charge is 0.254 e. The molecule has 0 spiro atoms. The highest BCUT2D eigenvalue weighted by atomic mass is 16.5. The Kier molecular flexibility index (Phi) is 9.31. The Balaban J connectivity index is 1.63. The molecule has 2 aromatic carbocycles. The third kappa shape index (κ3) is 6.87. The quantitative estimate of drug-likeness (QED) is 0.463. The molecule has 206 valence electrons. The maximum absolute atomic E-state index is 13.7. The number of amides is 2. The van der Waals surface area contributed by atoms with Gasteiger partial charge in [-0.05, 0) is 99.8 Å². The van der Waals surface area contributed by atoms with Crippen LogP contribution in [0.25, 0.3) is 0 Å². The molecule has 7 heteroatoms. The second kappa shape index (κ2) is 12.7. The van der Waals surface area contributed by atoms with E-state index in [9.17, 15) is 9.59 Å². The molecule has 1 saturated heterocycles. The van der Waals surface area contributed by atoms with Gasteiger partial charge in [-0.25, -0.2) is 0 Å². The molecule has 0 radical (unpaired) electrons. The van der Waals surface area contributed by atoms with Crippen LogP contribution in [0.3, 0.4) is 0 Å². The predicted molar refractivity (Wildman–Crippen MR) is 154 cm³/mol. The number of likely N-dealkylation sites (tertiary alicyclic amines) is 1. The van der Waals surface area contributed by atoms with Crippen LogP contribution in [0.4, 0.5) is 11.4 Å². The lowest BCUT2D eigenvalue weighted by Gasteiger charge is -2.38. The monoisotopic (exact) mass is 520 g/mol. The Labute approximate surface area is 228 Å². The minimum Gasteiger partial charge on any atom is -0.497 e. The molecule has 4 rings (SSSR count). The molecule has 0 bridgehead atoms. The molecule has 0 atom stereocenters. The van der Waals surface area contributed by atoms with Gasteiger partial charge in [0.05, 0.1) is 7.11 Å². The van der Waals surface area contributed by atoms with Crippen LogP contribution in [-0.2, 0) is 11.3 Å². The molecule has 2 aliphatic rings. The summed E-state index contributed by atoms with van der Waals surface area (Å²) in [5, 5.41) is 3.14. The molecule has 1 aliphatic carbocycles. The van der Waals surface area contributed by atoms with Crippen LogP contribution < -0.4 is 15.0 Å². The summed E-state index contributed by atoms with van der Waals surface area (Å²) in [5.41, 5.74) is 3.63. The highest BCUT2D eigenvalue weighted by Crippen LogP contribution is 2.32. The van der Waals surface area contributed by atoms with Gasteiger partial charge in [-0.3, -0.25) is 9.59 Å². The van der Waals surface area contributed by atoms with Crippen molar-refractivity contribution < 1.29 is 14.3 Å². The fourth-order valence-electron chi connectivity index (χ4n) is 5.41. The summed E-state index contributed by atoms with van der Waals surface area (Å²) in [7, 11) is 5.97. The van der Waals surface area contributed by atoms with E-state index in [1.54, 1.807) is 7.11 Å². The SMILES string of the molecule is COc1ccc(C(=O)N(Cc2cc(NC(=O)C3CCC3)ccc2N(C)C2CCN(C)CC2)CC(C)C)cc1. The molecule has 7 nitrogen and oxygen atoms in total. The minimum absolute atomic E-state index is 0.00171. The molecule has 1 saturated carbocycles. The van der Waals surface area contributed by atoms with Crippen molar-refractivity contribution in [3.05, 3.63) is 53.6 Å². The van der Waals surface area contributed by atoms with Crippen molar-refractivity contribution in [2.24, 2.45) is 11.8 Å². The van der Waals surface area contributed by atoms with Gasteiger partial charge in [0.2, 0.25) is 5.91 Å². The summed E-state index contributed by atoms with van der Waals surface area (Å²) in [4.78, 5) is 33.1. The first-order chi connectivity index (χ1) is 18.2. The van der Waals surface area contributed by atoms with Gasteiger partial charge in [0.15, 0.2) is 0 Å². The normalized spacial score (nSPS) is 16.7. The molecule has 2 amide bonds. The molecular formula is C31H44N4O3. The Hall–Kier alpha value is -3.06. The highest BCUT2D eigenvalue weighted by Gasteiger charge is 2.27. The number of nitrogens with zero attached hydrogens (tertiary/aromatic N) is 3. The Morgan fingerprint density at radius 1 is 1.05 bits per heavy atom. The Morgan fingerprint density at radius 3 is 2.32 bits per heavy atom. The standard InChI is InChI=1S/C31H44N4O3/c1-22(2)20-35(31(37)24-9-12-28(38-5)13-10-24)21-25-19-26(32-30(36)23-7-6-8-23)11-14-29(25)34(4)27-15-17-33(3)18-16-27/h9-14,19,22-23,27H,6-8,15-18,20-21H2,1-5H3,(H,32,36). The molecular weight excluding hydrogens is 476 g/mol. The average Bonchev–Trinajstić information content (AvgIpc) is 2.87. The number of carbonyl (C=O) groups is 2. The second-order valence-electron chi connectivity index (χ2n) is 11.4. The highest BCUT2D eigenvalue weighted by molar-refractivity contribution is 5.95. The summed E-state index contributed by atoms with van der Waals surface area (Å²) in [6.07, 6.45) is 5.27. The van der Waals surface area contributed by atoms with Crippen molar-refractivity contribution >= 4 is 23.2 Å². The number of ether oxygens (including phenoxy) is 1. The minimum atomic E-state index is -0.00171. The number of carbonyl (C=O) groups excluding carboxylic acids is 2. The first-order valence-electron chi connectivity index (χ1n) is 14.0. The lowest BCUT2D eigenvalue weighted by atomic mass is 9.85. The molecule has 1 heterocycles. The van der Waals surface area contributed by atoms with Crippen LogP contribution in [-0.4, -0.2) is 68.5 Å². The van der Waals surface area contributed by atoms with Gasteiger partial charge in [-0.1, -0.05) is 20.3 Å². The molecule has 2 fully saturated rings. The van der Waals surface area contributed by atoms with Gasteiger partial charge in [0.25, 0.3) is 5.91 Å². The number of benzene rings is 2. The van der Waals surface area contributed by atoms with Gasteiger partial charge < -0.3 is 24.8 Å². The molecule has 0 unspecified atom stereocenters. The van der Waals surface area contributed by atoms with Crippen LogP contribution in [0.15, 0.2) is 42.5 Å². The number of rotatable bonds is 10. The zero-order chi connectivity index (χ0) is 27.2. The fraction of sp³-hybridized carbons (Fsp3) is 0.548. The second-order valence-corrected chi connectivity index (χ2v) is 11.4. The predicted octanol–water partition coefficient (Wildman–Crippen LogP) is 5.26. The van der Waals surface area contributed by atoms with Crippen LogP contribution >= 0.6 is 0 Å². The summed E-state index contributed by atoms with van der Waals surface area (Å²) in [6, 6.07) is 14.0. The van der Waals surface area contributed by atoms with E-state index in [0.717, 1.165) is 67.9 Å². The molecule has 2 aromatic rings. The van der Waals surface area contributed by atoms with Gasteiger partial charge in [0, 0.05) is 49.0 Å². The number of piperidine rings is 1.